The van der Waals surface area contributed by atoms with E-state index in [9.17, 15) is 27.2 Å². The number of thiocarbonyl (C=S) groups is 1. The number of ether oxygens (including phenoxy) is 1. The molecule has 0 spiro atoms. The number of amides is 2. The number of carbonyl (C=O) groups is 2. The van der Waals surface area contributed by atoms with Gasteiger partial charge in [0.15, 0.2) is 11.7 Å². The molecule has 2 saturated carbocycles. The van der Waals surface area contributed by atoms with Gasteiger partial charge in [-0.3, -0.25) is 9.59 Å². The van der Waals surface area contributed by atoms with E-state index in [-0.39, 0.29) is 29.4 Å². The van der Waals surface area contributed by atoms with Crippen LogP contribution in [0, 0.1) is 11.8 Å². The molecule has 9 nitrogen and oxygen atoms in total. The van der Waals surface area contributed by atoms with Crippen LogP contribution in [-0.4, -0.2) is 58.2 Å². The van der Waals surface area contributed by atoms with Crippen molar-refractivity contribution in [1.82, 2.24) is 20.4 Å². The van der Waals surface area contributed by atoms with E-state index in [2.05, 4.69) is 31.1 Å². The molecular weight excluding hydrogens is 560 g/mol. The first kappa shape index (κ1) is 27.6. The summed E-state index contributed by atoms with van der Waals surface area (Å²) in [6.07, 6.45) is -1.45. The molecule has 0 unspecified atom stereocenters. The number of nitrogens with zero attached hydrogens (tertiary/aromatic N) is 2. The number of rotatable bonds is 9. The van der Waals surface area contributed by atoms with E-state index in [1.54, 1.807) is 7.05 Å². The van der Waals surface area contributed by atoms with Crippen LogP contribution >= 0.6 is 23.6 Å². The van der Waals surface area contributed by atoms with Crippen LogP contribution in [0.5, 0.6) is 5.88 Å². The molecule has 2 aromatic heterocycles. The number of thiophene rings is 1. The van der Waals surface area contributed by atoms with E-state index in [0.29, 0.717) is 48.1 Å². The maximum Gasteiger partial charge on any atom is 0.422 e. The normalized spacial score (nSPS) is 22.0. The maximum absolute atomic E-state index is 13.5. The third kappa shape index (κ3) is 6.99. The van der Waals surface area contributed by atoms with Gasteiger partial charge in [-0.2, -0.15) is 13.2 Å². The molecule has 3 atom stereocenters. The summed E-state index contributed by atoms with van der Waals surface area (Å²) in [5.41, 5.74) is 1.25. The summed E-state index contributed by atoms with van der Waals surface area (Å²) in [7, 11) is 1.54. The Balaban J connectivity index is 1.25. The molecule has 2 heterocycles. The average Bonchev–Trinajstić information content (AvgIpc) is 3.76. The Morgan fingerprint density at radius 2 is 2.00 bits per heavy atom. The lowest BCUT2D eigenvalue weighted by atomic mass is 9.91. The van der Waals surface area contributed by atoms with E-state index < -0.39 is 30.8 Å². The Kier molecular flexibility index (Phi) is 7.73. The summed E-state index contributed by atoms with van der Waals surface area (Å²) in [5.74, 6) is -0.715. The summed E-state index contributed by atoms with van der Waals surface area (Å²) >= 11 is 6.78. The van der Waals surface area contributed by atoms with Crippen molar-refractivity contribution >= 4 is 51.3 Å². The molecule has 5 rings (SSSR count). The predicted molar refractivity (Wildman–Crippen MR) is 141 cm³/mol. The van der Waals surface area contributed by atoms with Crippen LogP contribution in [0.15, 0.2) is 6.07 Å². The highest BCUT2D eigenvalue weighted by atomic mass is 32.1. The van der Waals surface area contributed by atoms with Gasteiger partial charge < -0.3 is 26.0 Å². The molecule has 212 valence electrons. The van der Waals surface area contributed by atoms with Gasteiger partial charge in [-0.15, -0.1) is 16.4 Å². The van der Waals surface area contributed by atoms with Crippen LogP contribution in [0.4, 0.5) is 28.4 Å². The Bertz CT molecular complexity index is 1280. The van der Waals surface area contributed by atoms with Crippen LogP contribution in [0.3, 0.4) is 0 Å². The lowest BCUT2D eigenvalue weighted by Crippen LogP contribution is -2.41. The third-order valence-electron chi connectivity index (χ3n) is 6.84. The molecule has 39 heavy (non-hydrogen) atoms. The monoisotopic (exact) mass is 588 g/mol. The second-order valence-electron chi connectivity index (χ2n) is 10.1. The first-order valence-electron chi connectivity index (χ1n) is 12.7. The van der Waals surface area contributed by atoms with E-state index in [4.69, 9.17) is 12.2 Å². The maximum atomic E-state index is 13.5. The molecule has 3 aliphatic carbocycles. The molecule has 0 aliphatic heterocycles. The van der Waals surface area contributed by atoms with E-state index >= 15 is 0 Å². The number of nitrogens with one attached hydrogen (secondary N) is 4. The van der Waals surface area contributed by atoms with Crippen LogP contribution < -0.4 is 26.0 Å². The van der Waals surface area contributed by atoms with Gasteiger partial charge in [-0.1, -0.05) is 0 Å². The predicted octanol–water partition coefficient (Wildman–Crippen LogP) is 3.70. The SMILES string of the molecule is Cn1nc(OCC(F)(F)F)cc1NC(=S)N[C@H]1CCc2sc(NC(=O)[C@H]3C[C@@H]3F)c(C(=O)NCC3CC3)c2C1. The van der Waals surface area contributed by atoms with Gasteiger partial charge in [0.25, 0.3) is 5.91 Å². The van der Waals surface area contributed by atoms with Gasteiger partial charge in [0.05, 0.1) is 11.5 Å². The Morgan fingerprint density at radius 1 is 1.26 bits per heavy atom. The summed E-state index contributed by atoms with van der Waals surface area (Å²) in [6, 6.07) is 1.18. The quantitative estimate of drug-likeness (QED) is 0.261. The molecule has 2 amide bonds. The van der Waals surface area contributed by atoms with Gasteiger partial charge in [-0.05, 0) is 62.2 Å². The topological polar surface area (TPSA) is 109 Å². The minimum atomic E-state index is -4.48. The highest BCUT2D eigenvalue weighted by molar-refractivity contribution is 7.80. The van der Waals surface area contributed by atoms with Crippen LogP contribution in [0.1, 0.15) is 46.5 Å². The van der Waals surface area contributed by atoms with Gasteiger partial charge in [-0.25, -0.2) is 9.07 Å². The van der Waals surface area contributed by atoms with Gasteiger partial charge >= 0.3 is 6.18 Å². The minimum Gasteiger partial charge on any atom is -0.467 e. The summed E-state index contributed by atoms with van der Waals surface area (Å²) in [6.45, 7) is -0.883. The second-order valence-corrected chi connectivity index (χ2v) is 11.7. The lowest BCUT2D eigenvalue weighted by molar-refractivity contribution is -0.154. The van der Waals surface area contributed by atoms with Crippen molar-refractivity contribution in [2.24, 2.45) is 18.9 Å². The van der Waals surface area contributed by atoms with Gasteiger partial charge in [0.2, 0.25) is 11.8 Å². The van der Waals surface area contributed by atoms with Gasteiger partial charge in [0, 0.05) is 30.6 Å². The average molecular weight is 589 g/mol. The molecular formula is C24H28F4N6O3S2. The number of alkyl halides is 4. The highest BCUT2D eigenvalue weighted by Gasteiger charge is 2.44. The van der Waals surface area contributed by atoms with Crippen molar-refractivity contribution in [3.8, 4) is 5.88 Å². The first-order valence-corrected chi connectivity index (χ1v) is 13.9. The largest absolute Gasteiger partial charge is 0.467 e. The Morgan fingerprint density at radius 3 is 2.67 bits per heavy atom. The number of hydrogen-bond acceptors (Lipinski definition) is 6. The van der Waals surface area contributed by atoms with Crippen molar-refractivity contribution < 1.29 is 31.9 Å². The number of aromatic nitrogens is 2. The zero-order valence-electron chi connectivity index (χ0n) is 21.0. The van der Waals surface area contributed by atoms with Crippen molar-refractivity contribution in [2.45, 2.75) is 56.9 Å². The summed E-state index contributed by atoms with van der Waals surface area (Å²) in [4.78, 5) is 26.7. The second kappa shape index (κ2) is 10.9. The number of aryl methyl sites for hydroxylation is 2. The molecule has 0 bridgehead atoms. The lowest BCUT2D eigenvalue weighted by Gasteiger charge is -2.25. The Labute approximate surface area is 231 Å². The number of anilines is 2. The molecule has 15 heteroatoms. The molecule has 4 N–H and O–H groups in total. The van der Waals surface area contributed by atoms with E-state index in [1.165, 1.54) is 22.1 Å². The zero-order valence-corrected chi connectivity index (χ0v) is 22.6. The van der Waals surface area contributed by atoms with Gasteiger partial charge in [0.1, 0.15) is 17.0 Å². The molecule has 3 aliphatic rings. The highest BCUT2D eigenvalue weighted by Crippen LogP contribution is 2.41. The van der Waals surface area contributed by atoms with Crippen molar-refractivity contribution in [2.75, 3.05) is 23.8 Å². The van der Waals surface area contributed by atoms with E-state index in [1.807, 2.05) is 0 Å². The third-order valence-corrected chi connectivity index (χ3v) is 8.27. The smallest absolute Gasteiger partial charge is 0.422 e. The molecule has 0 saturated heterocycles. The first-order chi connectivity index (χ1) is 18.5. The fraction of sp³-hybridized carbons (Fsp3) is 0.583. The van der Waals surface area contributed by atoms with E-state index in [0.717, 1.165) is 23.3 Å². The summed E-state index contributed by atoms with van der Waals surface area (Å²) in [5, 5.41) is 16.5. The van der Waals surface area contributed by atoms with Crippen LogP contribution in [-0.2, 0) is 24.7 Å². The number of carbonyl (C=O) groups excluding carboxylic acids is 2. The Hall–Kier alpha value is -2.94. The fourth-order valence-electron chi connectivity index (χ4n) is 4.44. The van der Waals surface area contributed by atoms with Crippen molar-refractivity contribution in [1.29, 1.82) is 0 Å². The standard InChI is InChI=1S/C24H28F4N6O3S2/c1-34-17(8-18(33-34)37-10-24(26,27)28)31-23(38)30-12-4-5-16-14(6-12)19(21(36)29-9-11-2-3-11)22(39-16)32-20(35)13-7-15(13)25/h8,11-13,15H,2-7,9-10H2,1H3,(H,29,36)(H,32,35)(H2,30,31,38)/t12-,13-,15-/m0/s1. The zero-order chi connectivity index (χ0) is 27.9. The molecule has 0 aromatic carbocycles. The van der Waals surface area contributed by atoms with Crippen LogP contribution in [0.25, 0.3) is 0 Å². The molecule has 2 fully saturated rings. The fourth-order valence-corrected chi connectivity index (χ4v) is 5.96. The molecule has 0 radical (unpaired) electrons. The summed E-state index contributed by atoms with van der Waals surface area (Å²) < 4.78 is 56.8. The van der Waals surface area contributed by atoms with Crippen LogP contribution in [0.2, 0.25) is 0 Å². The van der Waals surface area contributed by atoms with Crippen molar-refractivity contribution in [3.05, 3.63) is 22.1 Å². The number of hydrogen-bond donors (Lipinski definition) is 4. The number of halogens is 4. The molecule has 2 aromatic rings. The number of fused-ring (bicyclic) bond motifs is 1. The minimum absolute atomic E-state index is 0.140. The van der Waals surface area contributed by atoms with Crippen molar-refractivity contribution in [3.63, 3.8) is 0 Å².